The Bertz CT molecular complexity index is 1040. The van der Waals surface area contributed by atoms with Crippen LogP contribution >= 0.6 is 69.6 Å². The predicted octanol–water partition coefficient (Wildman–Crippen LogP) is 8.40. The van der Waals surface area contributed by atoms with E-state index in [1.165, 1.54) is 0 Å². The van der Waals surface area contributed by atoms with Crippen molar-refractivity contribution in [3.8, 4) is 28.6 Å². The predicted molar refractivity (Wildman–Crippen MR) is 114 cm³/mol. The lowest BCUT2D eigenvalue weighted by Crippen LogP contribution is -1.97. The average Bonchev–Trinajstić information content (AvgIpc) is 2.55. The number of benzene rings is 2. The van der Waals surface area contributed by atoms with Crippen LogP contribution in [0, 0.1) is 11.3 Å². The van der Waals surface area contributed by atoms with Gasteiger partial charge in [-0.2, -0.15) is 5.26 Å². The van der Waals surface area contributed by atoms with Crippen LogP contribution < -0.4 is 0 Å². The number of aromatic nitrogens is 1. The monoisotopic (exact) mass is 474 g/mol. The molecule has 0 spiro atoms. The molecule has 2 nitrogen and oxygen atoms in total. The standard InChI is InChI=1S/C19H8Cl6N2/c20-10-5-12(22)17(13(23)6-10)16-2-1-9(3-4-26)19(27-16)18-14(24)7-11(21)8-15(18)25/h1-2,5-8H,3H2. The quantitative estimate of drug-likeness (QED) is 0.380. The summed E-state index contributed by atoms with van der Waals surface area (Å²) in [5, 5.41) is 11.3. The van der Waals surface area contributed by atoms with Crippen molar-refractivity contribution in [2.24, 2.45) is 0 Å². The molecule has 0 aliphatic rings. The van der Waals surface area contributed by atoms with E-state index >= 15 is 0 Å². The van der Waals surface area contributed by atoms with Gasteiger partial charge in [0.2, 0.25) is 0 Å². The second-order valence-corrected chi connectivity index (χ2v) is 8.03. The first kappa shape index (κ1) is 20.6. The molecule has 136 valence electrons. The van der Waals surface area contributed by atoms with E-state index in [9.17, 15) is 0 Å². The minimum absolute atomic E-state index is 0.125. The molecule has 3 aromatic rings. The molecule has 0 radical (unpaired) electrons. The Labute approximate surface area is 186 Å². The van der Waals surface area contributed by atoms with Gasteiger partial charge in [0.1, 0.15) is 0 Å². The molecule has 0 unspecified atom stereocenters. The molecule has 1 aromatic heterocycles. The van der Waals surface area contributed by atoms with E-state index in [0.29, 0.717) is 58.2 Å². The zero-order chi connectivity index (χ0) is 19.7. The lowest BCUT2D eigenvalue weighted by atomic mass is 10.0. The minimum atomic E-state index is 0.125. The van der Waals surface area contributed by atoms with E-state index in [2.05, 4.69) is 11.1 Å². The molecule has 27 heavy (non-hydrogen) atoms. The van der Waals surface area contributed by atoms with Crippen molar-refractivity contribution in [1.29, 1.82) is 5.26 Å². The van der Waals surface area contributed by atoms with Crippen LogP contribution in [0.15, 0.2) is 36.4 Å². The van der Waals surface area contributed by atoms with Crippen molar-refractivity contribution >= 4 is 69.6 Å². The normalized spacial score (nSPS) is 10.7. The minimum Gasteiger partial charge on any atom is -0.247 e. The number of pyridine rings is 1. The van der Waals surface area contributed by atoms with Gasteiger partial charge < -0.3 is 0 Å². The molecule has 0 fully saturated rings. The largest absolute Gasteiger partial charge is 0.247 e. The van der Waals surface area contributed by atoms with Crippen molar-refractivity contribution in [2.45, 2.75) is 6.42 Å². The van der Waals surface area contributed by atoms with Gasteiger partial charge in [-0.3, -0.25) is 0 Å². The van der Waals surface area contributed by atoms with E-state index < -0.39 is 0 Å². The molecule has 2 aromatic carbocycles. The van der Waals surface area contributed by atoms with E-state index in [-0.39, 0.29) is 6.42 Å². The van der Waals surface area contributed by atoms with E-state index in [1.54, 1.807) is 36.4 Å². The van der Waals surface area contributed by atoms with Gasteiger partial charge in [0.05, 0.1) is 44.0 Å². The van der Waals surface area contributed by atoms with E-state index in [1.807, 2.05) is 0 Å². The van der Waals surface area contributed by atoms with Crippen LogP contribution in [0.25, 0.3) is 22.5 Å². The number of nitrogens with zero attached hydrogens (tertiary/aromatic N) is 2. The molecule has 3 rings (SSSR count). The number of nitriles is 1. The summed E-state index contributed by atoms with van der Waals surface area (Å²) in [4.78, 5) is 4.66. The maximum absolute atomic E-state index is 9.16. The Morgan fingerprint density at radius 1 is 0.741 bits per heavy atom. The van der Waals surface area contributed by atoms with Crippen LogP contribution in [-0.4, -0.2) is 4.98 Å². The van der Waals surface area contributed by atoms with Crippen LogP contribution in [0.1, 0.15) is 5.56 Å². The van der Waals surface area contributed by atoms with Crippen molar-refractivity contribution in [1.82, 2.24) is 4.98 Å². The molecule has 0 N–H and O–H groups in total. The molecule has 0 bridgehead atoms. The number of hydrogen-bond acceptors (Lipinski definition) is 2. The van der Waals surface area contributed by atoms with Crippen molar-refractivity contribution in [3.63, 3.8) is 0 Å². The second-order valence-electron chi connectivity index (χ2n) is 5.53. The summed E-state index contributed by atoms with van der Waals surface area (Å²) >= 11 is 37.4. The van der Waals surface area contributed by atoms with E-state index in [0.717, 1.165) is 0 Å². The Kier molecular flexibility index (Phi) is 6.43. The molecular weight excluding hydrogens is 469 g/mol. The lowest BCUT2D eigenvalue weighted by Gasteiger charge is -2.14. The lowest BCUT2D eigenvalue weighted by molar-refractivity contribution is 1.20. The summed E-state index contributed by atoms with van der Waals surface area (Å²) in [6.45, 7) is 0. The number of rotatable bonds is 3. The highest BCUT2D eigenvalue weighted by atomic mass is 35.5. The van der Waals surface area contributed by atoms with Crippen LogP contribution in [0.5, 0.6) is 0 Å². The highest BCUT2D eigenvalue weighted by Gasteiger charge is 2.19. The second kappa shape index (κ2) is 8.45. The van der Waals surface area contributed by atoms with Gasteiger partial charge in [-0.1, -0.05) is 75.7 Å². The fourth-order valence-corrected chi connectivity index (χ4v) is 4.63. The van der Waals surface area contributed by atoms with Gasteiger partial charge in [-0.25, -0.2) is 4.98 Å². The van der Waals surface area contributed by atoms with Gasteiger partial charge in [0, 0.05) is 21.2 Å². The zero-order valence-corrected chi connectivity index (χ0v) is 17.9. The SMILES string of the molecule is N#CCc1ccc(-c2c(Cl)cc(Cl)cc2Cl)nc1-c1c(Cl)cc(Cl)cc1Cl. The van der Waals surface area contributed by atoms with Crippen molar-refractivity contribution in [3.05, 3.63) is 72.1 Å². The molecule has 0 saturated heterocycles. The van der Waals surface area contributed by atoms with Crippen LogP contribution in [0.2, 0.25) is 30.1 Å². The third kappa shape index (κ3) is 4.30. The number of hydrogen-bond donors (Lipinski definition) is 0. The molecule has 0 amide bonds. The van der Waals surface area contributed by atoms with Crippen LogP contribution in [0.4, 0.5) is 0 Å². The van der Waals surface area contributed by atoms with Gasteiger partial charge in [0.15, 0.2) is 0 Å². The topological polar surface area (TPSA) is 36.7 Å². The summed E-state index contributed by atoms with van der Waals surface area (Å²) in [6.07, 6.45) is 0.125. The highest BCUT2D eigenvalue weighted by Crippen LogP contribution is 2.41. The van der Waals surface area contributed by atoms with Crippen LogP contribution in [-0.2, 0) is 6.42 Å². The number of halogens is 6. The molecule has 0 aliphatic carbocycles. The first-order valence-electron chi connectivity index (χ1n) is 7.48. The van der Waals surface area contributed by atoms with Crippen molar-refractivity contribution < 1.29 is 0 Å². The fourth-order valence-electron chi connectivity index (χ4n) is 2.63. The summed E-state index contributed by atoms with van der Waals surface area (Å²) < 4.78 is 0. The molecule has 0 aliphatic heterocycles. The van der Waals surface area contributed by atoms with Gasteiger partial charge in [0.25, 0.3) is 0 Å². The Balaban J connectivity index is 2.29. The van der Waals surface area contributed by atoms with Gasteiger partial charge in [-0.05, 0) is 35.9 Å². The molecular formula is C19H8Cl6N2. The van der Waals surface area contributed by atoms with Gasteiger partial charge >= 0.3 is 0 Å². The average molecular weight is 477 g/mol. The molecule has 0 atom stereocenters. The Morgan fingerprint density at radius 3 is 1.70 bits per heavy atom. The summed E-state index contributed by atoms with van der Waals surface area (Å²) in [7, 11) is 0. The van der Waals surface area contributed by atoms with Crippen molar-refractivity contribution in [2.75, 3.05) is 0 Å². The van der Waals surface area contributed by atoms with E-state index in [4.69, 9.17) is 74.9 Å². The maximum Gasteiger partial charge on any atom is 0.0781 e. The first-order chi connectivity index (χ1) is 12.8. The van der Waals surface area contributed by atoms with Crippen LogP contribution in [0.3, 0.4) is 0 Å². The Morgan fingerprint density at radius 2 is 1.22 bits per heavy atom. The summed E-state index contributed by atoms with van der Waals surface area (Å²) in [6, 6.07) is 11.9. The first-order valence-corrected chi connectivity index (χ1v) is 9.75. The summed E-state index contributed by atoms with van der Waals surface area (Å²) in [5.41, 5.74) is 2.63. The van der Waals surface area contributed by atoms with Gasteiger partial charge in [-0.15, -0.1) is 0 Å². The Hall–Kier alpha value is -1.18. The molecule has 0 saturated carbocycles. The smallest absolute Gasteiger partial charge is 0.0781 e. The third-order valence-corrected chi connectivity index (χ3v) is 5.38. The highest BCUT2D eigenvalue weighted by molar-refractivity contribution is 6.42. The molecule has 8 heteroatoms. The third-order valence-electron chi connectivity index (χ3n) is 3.76. The molecule has 1 heterocycles. The zero-order valence-electron chi connectivity index (χ0n) is 13.3. The maximum atomic E-state index is 9.16. The fraction of sp³-hybridized carbons (Fsp3) is 0.0526. The summed E-state index contributed by atoms with van der Waals surface area (Å²) in [5.74, 6) is 0.